The molecule has 1 amide bonds. The van der Waals surface area contributed by atoms with Crippen LogP contribution >= 0.6 is 24.0 Å². The van der Waals surface area contributed by atoms with E-state index in [2.05, 4.69) is 20.9 Å². The van der Waals surface area contributed by atoms with Gasteiger partial charge in [-0.15, -0.1) is 24.0 Å². The van der Waals surface area contributed by atoms with E-state index < -0.39 is 11.7 Å². The maximum absolute atomic E-state index is 11.5. The van der Waals surface area contributed by atoms with E-state index in [1.807, 2.05) is 34.6 Å². The lowest BCUT2D eigenvalue weighted by Crippen LogP contribution is -2.42. The number of unbranched alkanes of at least 4 members (excludes halogenated alkanes) is 1. The van der Waals surface area contributed by atoms with Crippen molar-refractivity contribution in [3.8, 4) is 0 Å². The highest BCUT2D eigenvalue weighted by atomic mass is 127. The van der Waals surface area contributed by atoms with Crippen molar-refractivity contribution < 1.29 is 14.3 Å². The van der Waals surface area contributed by atoms with Gasteiger partial charge in [-0.05, 0) is 47.5 Å². The van der Waals surface area contributed by atoms with Crippen molar-refractivity contribution >= 4 is 36.0 Å². The molecule has 0 saturated heterocycles. The van der Waals surface area contributed by atoms with Crippen molar-refractivity contribution in [1.29, 1.82) is 0 Å². The molecule has 0 aromatic heterocycles. The molecule has 0 unspecified atom stereocenters. The molecule has 0 rings (SSSR count). The van der Waals surface area contributed by atoms with Crippen LogP contribution in [0.5, 0.6) is 0 Å². The normalized spacial score (nSPS) is 11.5. The van der Waals surface area contributed by atoms with Crippen LogP contribution in [-0.2, 0) is 9.47 Å². The summed E-state index contributed by atoms with van der Waals surface area (Å²) < 4.78 is 10.5. The van der Waals surface area contributed by atoms with Gasteiger partial charge in [0.15, 0.2) is 5.96 Å². The van der Waals surface area contributed by atoms with Crippen LogP contribution in [0.25, 0.3) is 0 Å². The average molecular weight is 458 g/mol. The van der Waals surface area contributed by atoms with Crippen LogP contribution in [0, 0.1) is 0 Å². The van der Waals surface area contributed by atoms with Gasteiger partial charge in [-0.3, -0.25) is 4.99 Å². The van der Waals surface area contributed by atoms with Gasteiger partial charge >= 0.3 is 6.09 Å². The van der Waals surface area contributed by atoms with Crippen molar-refractivity contribution in [1.82, 2.24) is 16.0 Å². The molecule has 144 valence electrons. The maximum Gasteiger partial charge on any atom is 0.407 e. The molecule has 0 bridgehead atoms. The van der Waals surface area contributed by atoms with E-state index in [9.17, 15) is 4.79 Å². The molecule has 3 N–H and O–H groups in total. The number of ether oxygens (including phenoxy) is 2. The van der Waals surface area contributed by atoms with Gasteiger partial charge < -0.3 is 25.4 Å². The van der Waals surface area contributed by atoms with Gasteiger partial charge in [-0.1, -0.05) is 0 Å². The summed E-state index contributed by atoms with van der Waals surface area (Å²) in [7, 11) is 0. The fourth-order valence-corrected chi connectivity index (χ4v) is 1.65. The number of carbonyl (C=O) groups excluding carboxylic acids is 1. The van der Waals surface area contributed by atoms with Crippen LogP contribution in [0.1, 0.15) is 47.5 Å². The van der Waals surface area contributed by atoms with Crippen LogP contribution in [0.4, 0.5) is 4.79 Å². The Morgan fingerprint density at radius 2 is 1.71 bits per heavy atom. The second-order valence-corrected chi connectivity index (χ2v) is 6.02. The molecule has 0 fully saturated rings. The Morgan fingerprint density at radius 3 is 2.29 bits per heavy atom. The summed E-state index contributed by atoms with van der Waals surface area (Å²) >= 11 is 0. The predicted molar refractivity (Wildman–Crippen MR) is 109 cm³/mol. The van der Waals surface area contributed by atoms with E-state index in [0.29, 0.717) is 13.1 Å². The first-order valence-electron chi connectivity index (χ1n) is 8.45. The Kier molecular flexibility index (Phi) is 16.7. The Hall–Kier alpha value is -0.770. The molecule has 0 saturated carbocycles. The van der Waals surface area contributed by atoms with Crippen LogP contribution in [0.3, 0.4) is 0 Å². The number of alkyl carbamates (subject to hydrolysis) is 1. The van der Waals surface area contributed by atoms with E-state index in [-0.39, 0.29) is 24.0 Å². The second kappa shape index (κ2) is 15.7. The van der Waals surface area contributed by atoms with Crippen molar-refractivity contribution in [2.45, 2.75) is 53.1 Å². The fourth-order valence-electron chi connectivity index (χ4n) is 1.65. The van der Waals surface area contributed by atoms with Crippen molar-refractivity contribution in [2.75, 3.05) is 39.4 Å². The Labute approximate surface area is 163 Å². The van der Waals surface area contributed by atoms with E-state index in [1.54, 1.807) is 0 Å². The Morgan fingerprint density at radius 1 is 1.04 bits per heavy atom. The van der Waals surface area contributed by atoms with E-state index >= 15 is 0 Å². The molecule has 0 heterocycles. The summed E-state index contributed by atoms with van der Waals surface area (Å²) in [4.78, 5) is 16.0. The summed E-state index contributed by atoms with van der Waals surface area (Å²) in [6, 6.07) is 0. The molecule has 0 spiro atoms. The predicted octanol–water partition coefficient (Wildman–Crippen LogP) is 2.50. The highest BCUT2D eigenvalue weighted by Crippen LogP contribution is 2.05. The Bertz CT molecular complexity index is 347. The van der Waals surface area contributed by atoms with Gasteiger partial charge in [0, 0.05) is 39.4 Å². The maximum atomic E-state index is 11.5. The molecule has 8 heteroatoms. The summed E-state index contributed by atoms with van der Waals surface area (Å²) in [5.41, 5.74) is -0.477. The number of guanidine groups is 1. The highest BCUT2D eigenvalue weighted by Gasteiger charge is 2.15. The molecule has 0 radical (unpaired) electrons. The molecular formula is C16H35IN4O3. The first-order valence-corrected chi connectivity index (χ1v) is 8.45. The molecule has 0 aromatic carbocycles. The molecule has 0 aliphatic rings. The number of nitrogens with zero attached hydrogens (tertiary/aromatic N) is 1. The lowest BCUT2D eigenvalue weighted by atomic mass is 10.2. The number of hydrogen-bond donors (Lipinski definition) is 3. The molecule has 0 atom stereocenters. The number of halogens is 1. The monoisotopic (exact) mass is 458 g/mol. The van der Waals surface area contributed by atoms with Crippen molar-refractivity contribution in [3.63, 3.8) is 0 Å². The zero-order valence-electron chi connectivity index (χ0n) is 15.7. The minimum absolute atomic E-state index is 0. The van der Waals surface area contributed by atoms with E-state index in [4.69, 9.17) is 9.47 Å². The van der Waals surface area contributed by atoms with E-state index in [1.165, 1.54) is 0 Å². The highest BCUT2D eigenvalue weighted by molar-refractivity contribution is 14.0. The summed E-state index contributed by atoms with van der Waals surface area (Å²) in [5.74, 6) is 0.759. The van der Waals surface area contributed by atoms with Gasteiger partial charge in [0.1, 0.15) is 5.60 Å². The molecule has 0 aliphatic heterocycles. The number of nitrogens with one attached hydrogen (secondary N) is 3. The number of rotatable bonds is 10. The van der Waals surface area contributed by atoms with Gasteiger partial charge in [-0.2, -0.15) is 0 Å². The third-order valence-electron chi connectivity index (χ3n) is 2.60. The van der Waals surface area contributed by atoms with Gasteiger partial charge in [-0.25, -0.2) is 4.79 Å². The smallest absolute Gasteiger partial charge is 0.407 e. The Balaban J connectivity index is 0. The quantitative estimate of drug-likeness (QED) is 0.203. The third kappa shape index (κ3) is 17.6. The molecule has 0 aromatic rings. The zero-order valence-corrected chi connectivity index (χ0v) is 18.1. The number of amides is 1. The minimum atomic E-state index is -0.477. The van der Waals surface area contributed by atoms with Crippen LogP contribution in [0.2, 0.25) is 0 Å². The first kappa shape index (κ1) is 25.5. The second-order valence-electron chi connectivity index (χ2n) is 6.02. The third-order valence-corrected chi connectivity index (χ3v) is 2.60. The summed E-state index contributed by atoms with van der Waals surface area (Å²) in [5, 5.41) is 9.06. The molecular weight excluding hydrogens is 423 g/mol. The topological polar surface area (TPSA) is 84.0 Å². The number of carbonyl (C=O) groups is 1. The van der Waals surface area contributed by atoms with Gasteiger partial charge in [0.2, 0.25) is 0 Å². The van der Waals surface area contributed by atoms with Gasteiger partial charge in [0.25, 0.3) is 0 Å². The summed E-state index contributed by atoms with van der Waals surface area (Å²) in [6.45, 7) is 13.7. The standard InChI is InChI=1S/C16H34N4O3.HI/c1-6-17-14(18-10-8-9-13-22-7-2)19-11-12-20-15(21)23-16(3,4)5;/h6-13H2,1-5H3,(H,20,21)(H2,17,18,19);1H. The summed E-state index contributed by atoms with van der Waals surface area (Å²) in [6.07, 6.45) is 1.60. The SMILES string of the molecule is CCNC(=NCCCCOCC)NCCNC(=O)OC(C)(C)C.I. The van der Waals surface area contributed by atoms with Crippen LogP contribution in [0.15, 0.2) is 4.99 Å². The lowest BCUT2D eigenvalue weighted by Gasteiger charge is -2.19. The fraction of sp³-hybridized carbons (Fsp3) is 0.875. The molecule has 24 heavy (non-hydrogen) atoms. The minimum Gasteiger partial charge on any atom is -0.444 e. The van der Waals surface area contributed by atoms with Crippen LogP contribution in [-0.4, -0.2) is 57.0 Å². The first-order chi connectivity index (χ1) is 10.9. The van der Waals surface area contributed by atoms with Crippen LogP contribution < -0.4 is 16.0 Å². The molecule has 0 aliphatic carbocycles. The molecule has 7 nitrogen and oxygen atoms in total. The number of aliphatic imine (C=N–C) groups is 1. The van der Waals surface area contributed by atoms with Gasteiger partial charge in [0.05, 0.1) is 0 Å². The van der Waals surface area contributed by atoms with Crippen molar-refractivity contribution in [3.05, 3.63) is 0 Å². The van der Waals surface area contributed by atoms with Crippen molar-refractivity contribution in [2.24, 2.45) is 4.99 Å². The average Bonchev–Trinajstić information content (AvgIpc) is 2.45. The van der Waals surface area contributed by atoms with E-state index in [0.717, 1.165) is 45.1 Å². The number of hydrogen-bond acceptors (Lipinski definition) is 4. The zero-order chi connectivity index (χ0) is 17.6. The lowest BCUT2D eigenvalue weighted by molar-refractivity contribution is 0.0529. The largest absolute Gasteiger partial charge is 0.444 e.